The maximum atomic E-state index is 13.7. The van der Waals surface area contributed by atoms with Gasteiger partial charge in [-0.3, -0.25) is 4.79 Å². The third kappa shape index (κ3) is 4.22. The van der Waals surface area contributed by atoms with Crippen LogP contribution in [0.5, 0.6) is 0 Å². The molecular formula is C21H13Cl2F3N4O. The first-order valence-electron chi connectivity index (χ1n) is 8.93. The second-order valence-electron chi connectivity index (χ2n) is 6.76. The van der Waals surface area contributed by atoms with Crippen LogP contribution in [0.25, 0.3) is 16.9 Å². The number of nitrogens with zero attached hydrogens (tertiary/aromatic N) is 3. The standard InChI is InChI=1S/C21H13Cl2F3N4O/c1-11-2-4-12(5-3-11)16-9-18(21(24,25)26)30-19(28-16)14(10-27-30)20(31)29-17-8-13(22)6-7-15(17)23/h2-10H,1H3,(H,29,31). The number of halogens is 5. The summed E-state index contributed by atoms with van der Waals surface area (Å²) in [6.45, 7) is 1.86. The Morgan fingerprint density at radius 3 is 2.45 bits per heavy atom. The minimum atomic E-state index is -4.71. The first-order valence-corrected chi connectivity index (χ1v) is 9.68. The molecule has 0 aliphatic rings. The number of aryl methyl sites for hydroxylation is 1. The van der Waals surface area contributed by atoms with E-state index < -0.39 is 17.8 Å². The van der Waals surface area contributed by atoms with Crippen molar-refractivity contribution in [2.45, 2.75) is 13.1 Å². The SMILES string of the molecule is Cc1ccc(-c2cc(C(F)(F)F)n3ncc(C(=O)Nc4cc(Cl)ccc4Cl)c3n2)cc1. The summed E-state index contributed by atoms with van der Waals surface area (Å²) in [5.74, 6) is -0.721. The summed E-state index contributed by atoms with van der Waals surface area (Å²) >= 11 is 12.0. The molecule has 0 saturated carbocycles. The minimum Gasteiger partial charge on any atom is -0.320 e. The van der Waals surface area contributed by atoms with Crippen molar-refractivity contribution < 1.29 is 18.0 Å². The third-order valence-electron chi connectivity index (χ3n) is 4.53. The highest BCUT2D eigenvalue weighted by Gasteiger charge is 2.36. The largest absolute Gasteiger partial charge is 0.433 e. The molecule has 2 aromatic heterocycles. The fraction of sp³-hybridized carbons (Fsp3) is 0.0952. The number of aromatic nitrogens is 3. The van der Waals surface area contributed by atoms with Crippen LogP contribution in [0, 0.1) is 6.92 Å². The quantitative estimate of drug-likeness (QED) is 0.387. The van der Waals surface area contributed by atoms with Gasteiger partial charge >= 0.3 is 6.18 Å². The number of rotatable bonds is 3. The van der Waals surface area contributed by atoms with E-state index in [-0.39, 0.29) is 27.6 Å². The molecule has 0 saturated heterocycles. The lowest BCUT2D eigenvalue weighted by atomic mass is 10.1. The number of carbonyl (C=O) groups excluding carboxylic acids is 1. The molecule has 1 amide bonds. The Morgan fingerprint density at radius 2 is 1.77 bits per heavy atom. The van der Waals surface area contributed by atoms with Crippen LogP contribution in [0.15, 0.2) is 54.7 Å². The molecule has 31 heavy (non-hydrogen) atoms. The first kappa shape index (κ1) is 21.1. The molecule has 4 rings (SSSR count). The van der Waals surface area contributed by atoms with Crippen molar-refractivity contribution in [3.63, 3.8) is 0 Å². The molecule has 2 heterocycles. The predicted molar refractivity (Wildman–Crippen MR) is 113 cm³/mol. The normalized spacial score (nSPS) is 11.7. The second kappa shape index (κ2) is 7.86. The Hall–Kier alpha value is -3.10. The highest BCUT2D eigenvalue weighted by Crippen LogP contribution is 2.33. The molecule has 0 fully saturated rings. The first-order chi connectivity index (χ1) is 14.6. The van der Waals surface area contributed by atoms with E-state index in [1.165, 1.54) is 12.1 Å². The molecule has 0 bridgehead atoms. The molecule has 1 N–H and O–H groups in total. The van der Waals surface area contributed by atoms with Crippen LogP contribution in [0.4, 0.5) is 18.9 Å². The molecule has 0 radical (unpaired) electrons. The smallest absolute Gasteiger partial charge is 0.320 e. The van der Waals surface area contributed by atoms with E-state index in [9.17, 15) is 18.0 Å². The molecule has 0 unspecified atom stereocenters. The van der Waals surface area contributed by atoms with Gasteiger partial charge in [0.05, 0.1) is 22.6 Å². The summed E-state index contributed by atoms with van der Waals surface area (Å²) in [4.78, 5) is 17.1. The van der Waals surface area contributed by atoms with Gasteiger partial charge in [0.15, 0.2) is 11.3 Å². The molecule has 0 atom stereocenters. The van der Waals surface area contributed by atoms with Gasteiger partial charge in [0.25, 0.3) is 5.91 Å². The number of carbonyl (C=O) groups is 1. The average Bonchev–Trinajstić information content (AvgIpc) is 3.14. The molecular weight excluding hydrogens is 452 g/mol. The van der Waals surface area contributed by atoms with Crippen LogP contribution in [0.1, 0.15) is 21.6 Å². The van der Waals surface area contributed by atoms with E-state index in [0.717, 1.165) is 17.8 Å². The highest BCUT2D eigenvalue weighted by atomic mass is 35.5. The fourth-order valence-corrected chi connectivity index (χ4v) is 3.32. The molecule has 0 aliphatic carbocycles. The minimum absolute atomic E-state index is 0.0650. The lowest BCUT2D eigenvalue weighted by Crippen LogP contribution is -2.16. The Balaban J connectivity index is 1.85. The zero-order valence-electron chi connectivity index (χ0n) is 15.8. The second-order valence-corrected chi connectivity index (χ2v) is 7.61. The van der Waals surface area contributed by atoms with Crippen LogP contribution in [0.3, 0.4) is 0 Å². The molecule has 158 valence electrons. The molecule has 5 nitrogen and oxygen atoms in total. The van der Waals surface area contributed by atoms with Crippen molar-refractivity contribution in [2.24, 2.45) is 0 Å². The van der Waals surface area contributed by atoms with Crippen LogP contribution in [-0.4, -0.2) is 20.5 Å². The number of hydrogen-bond acceptors (Lipinski definition) is 3. The van der Waals surface area contributed by atoms with Gasteiger partial charge in [0, 0.05) is 10.6 Å². The van der Waals surface area contributed by atoms with E-state index in [2.05, 4.69) is 15.4 Å². The number of hydrogen-bond donors (Lipinski definition) is 1. The van der Waals surface area contributed by atoms with Crippen molar-refractivity contribution in [1.82, 2.24) is 14.6 Å². The maximum Gasteiger partial charge on any atom is 0.433 e. The van der Waals surface area contributed by atoms with Gasteiger partial charge in [0.1, 0.15) is 5.56 Å². The highest BCUT2D eigenvalue weighted by molar-refractivity contribution is 6.36. The van der Waals surface area contributed by atoms with E-state index in [1.54, 1.807) is 30.3 Å². The van der Waals surface area contributed by atoms with Crippen LogP contribution in [-0.2, 0) is 6.18 Å². The summed E-state index contributed by atoms with van der Waals surface area (Å²) in [5, 5.41) is 6.84. The monoisotopic (exact) mass is 464 g/mol. The van der Waals surface area contributed by atoms with Crippen molar-refractivity contribution in [3.05, 3.63) is 81.6 Å². The van der Waals surface area contributed by atoms with Crippen LogP contribution < -0.4 is 5.32 Å². The summed E-state index contributed by atoms with van der Waals surface area (Å²) < 4.78 is 41.7. The number of benzene rings is 2. The average molecular weight is 465 g/mol. The van der Waals surface area contributed by atoms with Crippen LogP contribution in [0.2, 0.25) is 10.0 Å². The summed E-state index contributed by atoms with van der Waals surface area (Å²) in [6, 6.07) is 12.2. The summed E-state index contributed by atoms with van der Waals surface area (Å²) in [7, 11) is 0. The van der Waals surface area contributed by atoms with Gasteiger partial charge < -0.3 is 5.32 Å². The summed E-state index contributed by atoms with van der Waals surface area (Å²) in [5.41, 5.74) is 0.275. The number of amides is 1. The van der Waals surface area contributed by atoms with Crippen molar-refractivity contribution in [2.75, 3.05) is 5.32 Å². The van der Waals surface area contributed by atoms with E-state index >= 15 is 0 Å². The lowest BCUT2D eigenvalue weighted by Gasteiger charge is -2.12. The number of fused-ring (bicyclic) bond motifs is 1. The molecule has 10 heteroatoms. The van der Waals surface area contributed by atoms with Crippen molar-refractivity contribution in [3.8, 4) is 11.3 Å². The molecule has 2 aromatic carbocycles. The zero-order chi connectivity index (χ0) is 22.3. The molecule has 0 spiro atoms. The van der Waals surface area contributed by atoms with Crippen molar-refractivity contribution in [1.29, 1.82) is 0 Å². The third-order valence-corrected chi connectivity index (χ3v) is 5.10. The Morgan fingerprint density at radius 1 is 1.06 bits per heavy atom. The van der Waals surface area contributed by atoms with Gasteiger partial charge in [-0.25, -0.2) is 9.50 Å². The van der Waals surface area contributed by atoms with Gasteiger partial charge in [-0.15, -0.1) is 0 Å². The Kier molecular flexibility index (Phi) is 5.36. The van der Waals surface area contributed by atoms with E-state index in [4.69, 9.17) is 23.2 Å². The van der Waals surface area contributed by atoms with Crippen molar-refractivity contribution >= 4 is 40.4 Å². The number of nitrogens with one attached hydrogen (secondary N) is 1. The zero-order valence-corrected chi connectivity index (χ0v) is 17.3. The van der Waals surface area contributed by atoms with Crippen LogP contribution >= 0.6 is 23.2 Å². The van der Waals surface area contributed by atoms with E-state index in [0.29, 0.717) is 15.1 Å². The molecule has 0 aliphatic heterocycles. The number of alkyl halides is 3. The van der Waals surface area contributed by atoms with Gasteiger partial charge in [-0.1, -0.05) is 53.0 Å². The molecule has 4 aromatic rings. The van der Waals surface area contributed by atoms with Gasteiger partial charge in [0.2, 0.25) is 0 Å². The fourth-order valence-electron chi connectivity index (χ4n) is 2.98. The lowest BCUT2D eigenvalue weighted by molar-refractivity contribution is -0.142. The Labute approximate surface area is 184 Å². The van der Waals surface area contributed by atoms with Gasteiger partial charge in [-0.05, 0) is 31.2 Å². The van der Waals surface area contributed by atoms with Gasteiger partial charge in [-0.2, -0.15) is 18.3 Å². The van der Waals surface area contributed by atoms with E-state index in [1.807, 2.05) is 6.92 Å². The Bertz CT molecular complexity index is 1300. The number of anilines is 1. The topological polar surface area (TPSA) is 59.3 Å². The maximum absolute atomic E-state index is 13.7. The predicted octanol–water partition coefficient (Wildman–Crippen LogP) is 6.28. The summed E-state index contributed by atoms with van der Waals surface area (Å²) in [6.07, 6.45) is -3.68.